The molecule has 1 heterocycles. The second-order valence-corrected chi connectivity index (χ2v) is 1.98. The summed E-state index contributed by atoms with van der Waals surface area (Å²) >= 11 is 0. The molecule has 4 heteroatoms. The normalized spacial score (nSPS) is 31.2. The van der Waals surface area contributed by atoms with Crippen LogP contribution in [0.1, 0.15) is 6.92 Å². The molecule has 9 heavy (non-hydrogen) atoms. The van der Waals surface area contributed by atoms with Gasteiger partial charge in [-0.2, -0.15) is 10.2 Å². The summed E-state index contributed by atoms with van der Waals surface area (Å²) in [6.07, 6.45) is 2.82. The molecule has 0 aromatic carbocycles. The number of carboxylic acids is 1. The van der Waals surface area contributed by atoms with E-state index in [1.807, 2.05) is 0 Å². The largest absolute Gasteiger partial charge is 0.479 e. The Hall–Kier alpha value is -1.19. The molecule has 1 unspecified atom stereocenters. The number of aliphatic carboxylic acids is 1. The van der Waals surface area contributed by atoms with E-state index in [1.165, 1.54) is 19.2 Å². The number of hydrogen-bond acceptors (Lipinski definition) is 3. The molecule has 4 nitrogen and oxygen atoms in total. The highest BCUT2D eigenvalue weighted by Crippen LogP contribution is 2.17. The monoisotopic (exact) mass is 126 g/mol. The van der Waals surface area contributed by atoms with Crippen LogP contribution in [0.4, 0.5) is 0 Å². The summed E-state index contributed by atoms with van der Waals surface area (Å²) in [5, 5.41) is 15.4. The highest BCUT2D eigenvalue weighted by molar-refractivity contribution is 5.81. The van der Waals surface area contributed by atoms with Crippen molar-refractivity contribution in [2.75, 3.05) is 0 Å². The zero-order valence-electron chi connectivity index (χ0n) is 4.90. The Labute approximate surface area is 51.9 Å². The van der Waals surface area contributed by atoms with Crippen LogP contribution in [0, 0.1) is 0 Å². The fourth-order valence-corrected chi connectivity index (χ4v) is 0.479. The zero-order chi connectivity index (χ0) is 6.91. The topological polar surface area (TPSA) is 62.0 Å². The van der Waals surface area contributed by atoms with Crippen LogP contribution in [0.5, 0.6) is 0 Å². The van der Waals surface area contributed by atoms with Crippen molar-refractivity contribution in [3.05, 3.63) is 12.3 Å². The number of hydrogen-bond donors (Lipinski definition) is 1. The van der Waals surface area contributed by atoms with Crippen LogP contribution in [-0.4, -0.2) is 16.6 Å². The predicted octanol–water partition coefficient (Wildman–Crippen LogP) is 0.809. The van der Waals surface area contributed by atoms with Gasteiger partial charge in [-0.25, -0.2) is 4.79 Å². The third kappa shape index (κ3) is 0.826. The molecule has 0 fully saturated rings. The zero-order valence-corrected chi connectivity index (χ0v) is 4.90. The van der Waals surface area contributed by atoms with Gasteiger partial charge in [0.2, 0.25) is 0 Å². The van der Waals surface area contributed by atoms with E-state index >= 15 is 0 Å². The Balaban J connectivity index is 2.88. The Bertz CT molecular complexity index is 183. The average molecular weight is 126 g/mol. The fourth-order valence-electron chi connectivity index (χ4n) is 0.479. The summed E-state index contributed by atoms with van der Waals surface area (Å²) < 4.78 is 0. The van der Waals surface area contributed by atoms with Crippen molar-refractivity contribution in [2.24, 2.45) is 10.2 Å². The van der Waals surface area contributed by atoms with Gasteiger partial charge in [-0.05, 0) is 13.0 Å². The molecule has 0 saturated heterocycles. The van der Waals surface area contributed by atoms with Crippen molar-refractivity contribution in [3.63, 3.8) is 0 Å². The van der Waals surface area contributed by atoms with Crippen molar-refractivity contribution in [1.82, 2.24) is 0 Å². The second kappa shape index (κ2) is 1.65. The van der Waals surface area contributed by atoms with Crippen LogP contribution < -0.4 is 0 Å². The maximum Gasteiger partial charge on any atom is 0.337 e. The van der Waals surface area contributed by atoms with Gasteiger partial charge in [-0.1, -0.05) is 0 Å². The van der Waals surface area contributed by atoms with Gasteiger partial charge in [0.15, 0.2) is 5.54 Å². The number of azo groups is 1. The summed E-state index contributed by atoms with van der Waals surface area (Å²) in [5.74, 6) is -0.972. The second-order valence-electron chi connectivity index (χ2n) is 1.98. The SMILES string of the molecule is CC1(C(=O)O)C=CN=N1. The van der Waals surface area contributed by atoms with Crippen molar-refractivity contribution < 1.29 is 9.90 Å². The van der Waals surface area contributed by atoms with Gasteiger partial charge in [-0.15, -0.1) is 0 Å². The molecule has 1 atom stereocenters. The standard InChI is InChI=1S/C5H6N2O2/c1-5(4(8)9)2-3-6-7-5/h2-3H,1H3,(H,8,9). The Morgan fingerprint density at radius 2 is 2.44 bits per heavy atom. The summed E-state index contributed by atoms with van der Waals surface area (Å²) in [4.78, 5) is 10.3. The van der Waals surface area contributed by atoms with Gasteiger partial charge in [0, 0.05) is 6.20 Å². The molecule has 48 valence electrons. The first-order chi connectivity index (χ1) is 4.15. The van der Waals surface area contributed by atoms with Gasteiger partial charge in [0.05, 0.1) is 0 Å². The van der Waals surface area contributed by atoms with Crippen LogP contribution in [0.15, 0.2) is 22.5 Å². The van der Waals surface area contributed by atoms with Gasteiger partial charge in [0.25, 0.3) is 0 Å². The molecule has 0 saturated carbocycles. The third-order valence-corrected chi connectivity index (χ3v) is 1.16. The molecule has 1 aliphatic rings. The van der Waals surface area contributed by atoms with Gasteiger partial charge in [0.1, 0.15) is 0 Å². The molecule has 0 amide bonds. The van der Waals surface area contributed by atoms with E-state index in [1.54, 1.807) is 0 Å². The molecule has 1 aliphatic heterocycles. The Morgan fingerprint density at radius 3 is 2.67 bits per heavy atom. The first-order valence-corrected chi connectivity index (χ1v) is 2.48. The highest BCUT2D eigenvalue weighted by atomic mass is 16.4. The molecule has 1 N–H and O–H groups in total. The smallest absolute Gasteiger partial charge is 0.337 e. The molecule has 0 aliphatic carbocycles. The minimum atomic E-state index is -1.11. The van der Waals surface area contributed by atoms with E-state index < -0.39 is 11.5 Å². The van der Waals surface area contributed by atoms with Crippen LogP contribution in [0.2, 0.25) is 0 Å². The summed E-state index contributed by atoms with van der Waals surface area (Å²) in [5.41, 5.74) is -1.11. The van der Waals surface area contributed by atoms with Crippen LogP contribution in [-0.2, 0) is 4.79 Å². The van der Waals surface area contributed by atoms with Crippen molar-refractivity contribution >= 4 is 5.97 Å². The maximum atomic E-state index is 10.3. The number of carboxylic acid groups (broad SMARTS) is 1. The predicted molar refractivity (Wildman–Crippen MR) is 30.0 cm³/mol. The van der Waals surface area contributed by atoms with Crippen LogP contribution in [0.3, 0.4) is 0 Å². The van der Waals surface area contributed by atoms with E-state index in [-0.39, 0.29) is 0 Å². The van der Waals surface area contributed by atoms with Crippen LogP contribution in [0.25, 0.3) is 0 Å². The molecular weight excluding hydrogens is 120 g/mol. The molecule has 1 rings (SSSR count). The maximum absolute atomic E-state index is 10.3. The van der Waals surface area contributed by atoms with E-state index in [4.69, 9.17) is 5.11 Å². The molecule has 0 aromatic rings. The Kier molecular flexibility index (Phi) is 1.09. The van der Waals surface area contributed by atoms with Crippen molar-refractivity contribution in [2.45, 2.75) is 12.5 Å². The number of nitrogens with zero attached hydrogens (tertiary/aromatic N) is 2. The first-order valence-electron chi connectivity index (χ1n) is 2.48. The third-order valence-electron chi connectivity index (χ3n) is 1.16. The number of rotatable bonds is 1. The minimum absolute atomic E-state index is 0.972. The highest BCUT2D eigenvalue weighted by Gasteiger charge is 2.31. The van der Waals surface area contributed by atoms with E-state index in [0.717, 1.165) is 0 Å². The first kappa shape index (κ1) is 5.94. The Morgan fingerprint density at radius 1 is 1.78 bits per heavy atom. The van der Waals surface area contributed by atoms with E-state index in [2.05, 4.69) is 10.2 Å². The van der Waals surface area contributed by atoms with Crippen molar-refractivity contribution in [1.29, 1.82) is 0 Å². The van der Waals surface area contributed by atoms with Gasteiger partial charge in [-0.3, -0.25) is 0 Å². The summed E-state index contributed by atoms with van der Waals surface area (Å²) in [6.45, 7) is 1.49. The lowest BCUT2D eigenvalue weighted by atomic mass is 10.1. The molecule has 0 spiro atoms. The minimum Gasteiger partial charge on any atom is -0.479 e. The van der Waals surface area contributed by atoms with Gasteiger partial charge < -0.3 is 5.11 Å². The quantitative estimate of drug-likeness (QED) is 0.565. The van der Waals surface area contributed by atoms with Crippen molar-refractivity contribution in [3.8, 4) is 0 Å². The lowest BCUT2D eigenvalue weighted by molar-refractivity contribution is -0.140. The average Bonchev–Trinajstić information content (AvgIpc) is 2.16. The number of carbonyl (C=O) groups is 1. The van der Waals surface area contributed by atoms with E-state index in [9.17, 15) is 4.79 Å². The van der Waals surface area contributed by atoms with Gasteiger partial charge >= 0.3 is 5.97 Å². The fraction of sp³-hybridized carbons (Fsp3) is 0.400. The van der Waals surface area contributed by atoms with Crippen LogP contribution >= 0.6 is 0 Å². The lowest BCUT2D eigenvalue weighted by Gasteiger charge is -2.07. The molecular formula is C5H6N2O2. The summed E-state index contributed by atoms with van der Waals surface area (Å²) in [7, 11) is 0. The summed E-state index contributed by atoms with van der Waals surface area (Å²) in [6, 6.07) is 0. The molecule has 0 radical (unpaired) electrons. The molecule has 0 aromatic heterocycles. The molecule has 0 bridgehead atoms. The lowest BCUT2D eigenvalue weighted by Crippen LogP contribution is -2.28. The van der Waals surface area contributed by atoms with E-state index in [0.29, 0.717) is 0 Å².